The Hall–Kier alpha value is -0.750. The van der Waals surface area contributed by atoms with Crippen molar-refractivity contribution in [3.05, 3.63) is 33.8 Å². The van der Waals surface area contributed by atoms with Crippen LogP contribution in [-0.4, -0.2) is 25.0 Å². The van der Waals surface area contributed by atoms with E-state index in [0.29, 0.717) is 10.0 Å². The Morgan fingerprint density at radius 2 is 1.94 bits per heavy atom. The zero-order valence-electron chi connectivity index (χ0n) is 10.6. The van der Waals surface area contributed by atoms with E-state index in [4.69, 9.17) is 23.2 Å². The van der Waals surface area contributed by atoms with Crippen LogP contribution < -0.4 is 0 Å². The van der Waals surface area contributed by atoms with Gasteiger partial charge in [-0.25, -0.2) is 0 Å². The number of benzene rings is 1. The van der Waals surface area contributed by atoms with Gasteiger partial charge in [-0.05, 0) is 44.6 Å². The molecule has 2 rings (SSSR count). The molecular weight excluding hydrogens is 267 g/mol. The van der Waals surface area contributed by atoms with Crippen LogP contribution in [0.4, 0.5) is 0 Å². The molecular formula is C14H16Cl2N2. The molecule has 1 saturated carbocycles. The number of halogens is 2. The van der Waals surface area contributed by atoms with E-state index in [-0.39, 0.29) is 11.5 Å². The van der Waals surface area contributed by atoms with Gasteiger partial charge < -0.3 is 0 Å². The summed E-state index contributed by atoms with van der Waals surface area (Å²) in [6, 6.07) is 8.04. The van der Waals surface area contributed by atoms with Gasteiger partial charge in [-0.15, -0.1) is 0 Å². The second kappa shape index (κ2) is 5.09. The normalized spacial score (nSPS) is 19.1. The number of nitriles is 1. The number of nitrogens with zero attached hydrogens (tertiary/aromatic N) is 2. The Morgan fingerprint density at radius 1 is 1.28 bits per heavy atom. The zero-order chi connectivity index (χ0) is 13.3. The van der Waals surface area contributed by atoms with Gasteiger partial charge in [0.05, 0.1) is 16.1 Å². The summed E-state index contributed by atoms with van der Waals surface area (Å²) in [5.41, 5.74) is 1.04. The number of hydrogen-bond donors (Lipinski definition) is 0. The number of hydrogen-bond acceptors (Lipinski definition) is 2. The topological polar surface area (TPSA) is 27.0 Å². The summed E-state index contributed by atoms with van der Waals surface area (Å²) in [5.74, 6) is 0. The molecule has 1 aliphatic rings. The Balaban J connectivity index is 2.44. The average molecular weight is 283 g/mol. The van der Waals surface area contributed by atoms with Crippen molar-refractivity contribution in [2.45, 2.75) is 30.7 Å². The Kier molecular flexibility index (Phi) is 3.87. The van der Waals surface area contributed by atoms with E-state index in [0.717, 1.165) is 24.8 Å². The van der Waals surface area contributed by atoms with Crippen LogP contribution in [0.15, 0.2) is 18.2 Å². The van der Waals surface area contributed by atoms with Crippen molar-refractivity contribution < 1.29 is 0 Å². The van der Waals surface area contributed by atoms with Gasteiger partial charge in [0.2, 0.25) is 0 Å². The highest BCUT2D eigenvalue weighted by Crippen LogP contribution is 2.48. The van der Waals surface area contributed by atoms with E-state index in [1.54, 1.807) is 0 Å². The highest BCUT2D eigenvalue weighted by atomic mass is 35.5. The molecule has 0 saturated heterocycles. The first-order valence-corrected chi connectivity index (χ1v) is 6.78. The molecule has 1 atom stereocenters. The molecule has 1 aromatic carbocycles. The lowest BCUT2D eigenvalue weighted by Crippen LogP contribution is -2.51. The van der Waals surface area contributed by atoms with Crippen molar-refractivity contribution in [2.24, 2.45) is 0 Å². The minimum atomic E-state index is -0.122. The van der Waals surface area contributed by atoms with Crippen LogP contribution in [0.5, 0.6) is 0 Å². The minimum Gasteiger partial charge on any atom is -0.293 e. The van der Waals surface area contributed by atoms with Crippen LogP contribution in [0, 0.1) is 11.3 Å². The first-order valence-electron chi connectivity index (χ1n) is 6.03. The van der Waals surface area contributed by atoms with Gasteiger partial charge in [0.1, 0.15) is 6.04 Å². The summed E-state index contributed by atoms with van der Waals surface area (Å²) < 4.78 is 0. The second-order valence-corrected chi connectivity index (χ2v) is 5.95. The van der Waals surface area contributed by atoms with Crippen molar-refractivity contribution in [1.82, 2.24) is 4.90 Å². The van der Waals surface area contributed by atoms with Gasteiger partial charge in [0.15, 0.2) is 0 Å². The molecule has 0 bridgehead atoms. The van der Waals surface area contributed by atoms with E-state index in [1.165, 1.54) is 0 Å². The van der Waals surface area contributed by atoms with E-state index in [9.17, 15) is 5.26 Å². The molecule has 0 aliphatic heterocycles. The lowest BCUT2D eigenvalue weighted by atomic mass is 9.60. The fraction of sp³-hybridized carbons (Fsp3) is 0.500. The van der Waals surface area contributed by atoms with Crippen LogP contribution in [0.3, 0.4) is 0 Å². The zero-order valence-corrected chi connectivity index (χ0v) is 12.1. The van der Waals surface area contributed by atoms with Crippen molar-refractivity contribution in [1.29, 1.82) is 5.26 Å². The minimum absolute atomic E-state index is 0.0908. The molecule has 0 amide bonds. The first kappa shape index (κ1) is 13.7. The molecule has 0 radical (unpaired) electrons. The van der Waals surface area contributed by atoms with E-state index in [2.05, 4.69) is 6.07 Å². The van der Waals surface area contributed by atoms with Crippen molar-refractivity contribution >= 4 is 23.2 Å². The third-order valence-electron chi connectivity index (χ3n) is 3.90. The van der Waals surface area contributed by atoms with Crippen LogP contribution in [0.2, 0.25) is 10.0 Å². The van der Waals surface area contributed by atoms with Gasteiger partial charge in [-0.1, -0.05) is 35.7 Å². The Labute approximate surface area is 118 Å². The largest absolute Gasteiger partial charge is 0.293 e. The molecule has 1 fully saturated rings. The maximum absolute atomic E-state index is 9.43. The summed E-state index contributed by atoms with van der Waals surface area (Å²) in [7, 11) is 3.90. The Morgan fingerprint density at radius 3 is 2.33 bits per heavy atom. The third-order valence-corrected chi connectivity index (χ3v) is 4.64. The number of likely N-dealkylation sites (N-methyl/N-ethyl adjacent to an activating group) is 1. The molecule has 4 heteroatoms. The lowest BCUT2D eigenvalue weighted by Gasteiger charge is -2.47. The van der Waals surface area contributed by atoms with Gasteiger partial charge in [0.25, 0.3) is 0 Å². The number of rotatable bonds is 3. The molecule has 0 N–H and O–H groups in total. The van der Waals surface area contributed by atoms with E-state index >= 15 is 0 Å². The van der Waals surface area contributed by atoms with Crippen LogP contribution in [0.25, 0.3) is 0 Å². The van der Waals surface area contributed by atoms with Gasteiger partial charge in [0, 0.05) is 5.41 Å². The maximum atomic E-state index is 9.43. The van der Waals surface area contributed by atoms with E-state index in [1.807, 2.05) is 37.2 Å². The van der Waals surface area contributed by atoms with Gasteiger partial charge in [-0.2, -0.15) is 5.26 Å². The van der Waals surface area contributed by atoms with Crippen molar-refractivity contribution in [2.75, 3.05) is 14.1 Å². The van der Waals surface area contributed by atoms with Crippen molar-refractivity contribution in [3.8, 4) is 6.07 Å². The average Bonchev–Trinajstić information content (AvgIpc) is 2.26. The van der Waals surface area contributed by atoms with Crippen LogP contribution in [-0.2, 0) is 5.41 Å². The monoisotopic (exact) mass is 282 g/mol. The predicted molar refractivity (Wildman–Crippen MR) is 75.1 cm³/mol. The maximum Gasteiger partial charge on any atom is 0.107 e. The Bertz CT molecular complexity index is 487. The smallest absolute Gasteiger partial charge is 0.107 e. The first-order chi connectivity index (χ1) is 8.51. The molecule has 2 nitrogen and oxygen atoms in total. The quantitative estimate of drug-likeness (QED) is 0.842. The highest BCUT2D eigenvalue weighted by Gasteiger charge is 2.47. The molecule has 1 aromatic rings. The third kappa shape index (κ3) is 2.12. The van der Waals surface area contributed by atoms with Crippen LogP contribution in [0.1, 0.15) is 24.8 Å². The molecule has 1 unspecified atom stereocenters. The summed E-state index contributed by atoms with van der Waals surface area (Å²) >= 11 is 12.1. The van der Waals surface area contributed by atoms with Gasteiger partial charge in [-0.3, -0.25) is 4.90 Å². The highest BCUT2D eigenvalue weighted by molar-refractivity contribution is 6.42. The fourth-order valence-corrected chi connectivity index (χ4v) is 3.11. The predicted octanol–water partition coefficient (Wildman–Crippen LogP) is 3.87. The van der Waals surface area contributed by atoms with Crippen molar-refractivity contribution in [3.63, 3.8) is 0 Å². The molecule has 0 spiro atoms. The summed E-state index contributed by atoms with van der Waals surface area (Å²) in [6.45, 7) is 0. The molecule has 18 heavy (non-hydrogen) atoms. The van der Waals surface area contributed by atoms with E-state index < -0.39 is 0 Å². The molecule has 0 aromatic heterocycles. The second-order valence-electron chi connectivity index (χ2n) is 5.13. The molecule has 96 valence electrons. The SMILES string of the molecule is CN(C)C(C#N)C1(c2ccc(Cl)c(Cl)c2)CCC1. The molecule has 1 aliphatic carbocycles. The lowest BCUT2D eigenvalue weighted by molar-refractivity contribution is 0.133. The summed E-state index contributed by atoms with van der Waals surface area (Å²) in [5, 5.41) is 10.6. The fourth-order valence-electron chi connectivity index (χ4n) is 2.82. The summed E-state index contributed by atoms with van der Waals surface area (Å²) in [4.78, 5) is 1.99. The van der Waals surface area contributed by atoms with Crippen LogP contribution >= 0.6 is 23.2 Å². The standard InChI is InChI=1S/C14H16Cl2N2/c1-18(2)13(9-17)14(6-3-7-14)10-4-5-11(15)12(16)8-10/h4-5,8,13H,3,6-7H2,1-2H3. The molecule has 0 heterocycles. The summed E-state index contributed by atoms with van der Waals surface area (Å²) in [6.07, 6.45) is 3.22. The van der Waals surface area contributed by atoms with Gasteiger partial charge >= 0.3 is 0 Å².